The maximum absolute atomic E-state index is 10.4. The van der Waals surface area contributed by atoms with Crippen molar-refractivity contribution in [1.29, 1.82) is 0 Å². The molecular weight excluding hydrogens is 280 g/mol. The Kier molecular flexibility index (Phi) is 5.07. The molecule has 0 aliphatic carbocycles. The number of carbonyl (C=O) groups is 1. The van der Waals surface area contributed by atoms with Crippen molar-refractivity contribution in [2.24, 2.45) is 5.73 Å². The second-order valence-electron chi connectivity index (χ2n) is 2.93. The number of pyridine rings is 1. The molecule has 0 aromatic carbocycles. The molecule has 1 unspecified atom stereocenters. The van der Waals surface area contributed by atoms with Gasteiger partial charge < -0.3 is 10.8 Å². The van der Waals surface area contributed by atoms with Crippen LogP contribution in [0.15, 0.2) is 22.8 Å². The number of hydrogen-bond donors (Lipinski definition) is 2. The van der Waals surface area contributed by atoms with Crippen LogP contribution >= 0.6 is 27.7 Å². The highest BCUT2D eigenvalue weighted by molar-refractivity contribution is 9.10. The molecule has 0 saturated carbocycles. The van der Waals surface area contributed by atoms with E-state index in [1.807, 2.05) is 12.1 Å². The van der Waals surface area contributed by atoms with E-state index >= 15 is 0 Å². The normalized spacial score (nSPS) is 12.4. The van der Waals surface area contributed by atoms with Crippen LogP contribution in [0.2, 0.25) is 0 Å². The third-order valence-electron chi connectivity index (χ3n) is 1.65. The summed E-state index contributed by atoms with van der Waals surface area (Å²) in [6, 6.07) is 2.99. The van der Waals surface area contributed by atoms with Crippen LogP contribution in [0.1, 0.15) is 5.69 Å². The molecule has 0 bridgehead atoms. The van der Waals surface area contributed by atoms with E-state index in [0.717, 1.165) is 10.2 Å². The first-order valence-electron chi connectivity index (χ1n) is 4.26. The van der Waals surface area contributed by atoms with Crippen LogP contribution in [0.4, 0.5) is 0 Å². The zero-order chi connectivity index (χ0) is 11.3. The fraction of sp³-hybridized carbons (Fsp3) is 0.333. The quantitative estimate of drug-likeness (QED) is 0.859. The van der Waals surface area contributed by atoms with Gasteiger partial charge in [-0.3, -0.25) is 9.78 Å². The van der Waals surface area contributed by atoms with Gasteiger partial charge in [0.25, 0.3) is 0 Å². The molecule has 4 nitrogen and oxygen atoms in total. The molecule has 1 atom stereocenters. The number of aliphatic carboxylic acids is 1. The van der Waals surface area contributed by atoms with Gasteiger partial charge >= 0.3 is 5.97 Å². The summed E-state index contributed by atoms with van der Waals surface area (Å²) < 4.78 is 0.929. The zero-order valence-corrected chi connectivity index (χ0v) is 10.3. The lowest BCUT2D eigenvalue weighted by molar-refractivity contribution is -0.137. The lowest BCUT2D eigenvalue weighted by Crippen LogP contribution is -2.32. The van der Waals surface area contributed by atoms with Crippen molar-refractivity contribution in [3.63, 3.8) is 0 Å². The number of carboxylic acid groups (broad SMARTS) is 1. The summed E-state index contributed by atoms with van der Waals surface area (Å²) in [5.41, 5.74) is 6.27. The first kappa shape index (κ1) is 12.5. The lowest BCUT2D eigenvalue weighted by Gasteiger charge is -2.05. The molecule has 0 aliphatic rings. The molecule has 1 aromatic rings. The summed E-state index contributed by atoms with van der Waals surface area (Å²) in [5.74, 6) is 0.104. The summed E-state index contributed by atoms with van der Waals surface area (Å²) in [5, 5.41) is 8.56. The second kappa shape index (κ2) is 6.09. The standard InChI is InChI=1S/C9H11BrN2O2S/c10-6-1-2-7(12-3-6)4-15-5-8(11)9(13)14/h1-3,8H,4-5,11H2,(H,13,14). The number of hydrogen-bond acceptors (Lipinski definition) is 4. The fourth-order valence-corrected chi connectivity index (χ4v) is 1.98. The summed E-state index contributed by atoms with van der Waals surface area (Å²) in [6.07, 6.45) is 1.72. The molecule has 0 amide bonds. The summed E-state index contributed by atoms with van der Waals surface area (Å²) in [7, 11) is 0. The molecule has 1 rings (SSSR count). The largest absolute Gasteiger partial charge is 0.480 e. The van der Waals surface area contributed by atoms with Gasteiger partial charge in [0, 0.05) is 22.2 Å². The van der Waals surface area contributed by atoms with Gasteiger partial charge in [-0.25, -0.2) is 0 Å². The minimum Gasteiger partial charge on any atom is -0.480 e. The maximum atomic E-state index is 10.4. The predicted octanol–water partition coefficient (Wildman–Crippen LogP) is 1.49. The molecule has 82 valence electrons. The van der Waals surface area contributed by atoms with E-state index in [2.05, 4.69) is 20.9 Å². The highest BCUT2D eigenvalue weighted by atomic mass is 79.9. The summed E-state index contributed by atoms with van der Waals surface area (Å²) in [4.78, 5) is 14.6. The van der Waals surface area contributed by atoms with Gasteiger partial charge in [0.1, 0.15) is 6.04 Å². The number of thioether (sulfide) groups is 1. The van der Waals surface area contributed by atoms with E-state index < -0.39 is 12.0 Å². The van der Waals surface area contributed by atoms with Gasteiger partial charge in [-0.2, -0.15) is 11.8 Å². The van der Waals surface area contributed by atoms with Gasteiger partial charge in [0.05, 0.1) is 5.69 Å². The van der Waals surface area contributed by atoms with Crippen molar-refractivity contribution in [2.45, 2.75) is 11.8 Å². The predicted molar refractivity (Wildman–Crippen MR) is 63.7 cm³/mol. The van der Waals surface area contributed by atoms with Gasteiger partial charge in [-0.15, -0.1) is 0 Å². The van der Waals surface area contributed by atoms with E-state index in [1.165, 1.54) is 11.8 Å². The molecule has 0 aliphatic heterocycles. The molecule has 0 fully saturated rings. The van der Waals surface area contributed by atoms with Crippen LogP contribution in [0, 0.1) is 0 Å². The average molecular weight is 291 g/mol. The molecule has 0 saturated heterocycles. The Morgan fingerprint density at radius 1 is 1.67 bits per heavy atom. The Morgan fingerprint density at radius 2 is 2.40 bits per heavy atom. The number of nitrogens with zero attached hydrogens (tertiary/aromatic N) is 1. The van der Waals surface area contributed by atoms with Crippen molar-refractivity contribution < 1.29 is 9.90 Å². The third-order valence-corrected chi connectivity index (χ3v) is 3.22. The summed E-state index contributed by atoms with van der Waals surface area (Å²) >= 11 is 4.75. The lowest BCUT2D eigenvalue weighted by atomic mass is 10.4. The van der Waals surface area contributed by atoms with Gasteiger partial charge in [-0.1, -0.05) is 0 Å². The minimum atomic E-state index is -0.966. The number of carboxylic acids is 1. The Hall–Kier alpha value is -0.590. The molecule has 15 heavy (non-hydrogen) atoms. The molecule has 3 N–H and O–H groups in total. The first-order chi connectivity index (χ1) is 7.09. The molecule has 1 aromatic heterocycles. The van der Waals surface area contributed by atoms with Gasteiger partial charge in [0.15, 0.2) is 0 Å². The zero-order valence-electron chi connectivity index (χ0n) is 7.89. The monoisotopic (exact) mass is 290 g/mol. The van der Waals surface area contributed by atoms with Crippen LogP contribution in [-0.2, 0) is 10.5 Å². The van der Waals surface area contributed by atoms with E-state index in [1.54, 1.807) is 6.20 Å². The Labute approximate surface area is 100 Å². The van der Waals surface area contributed by atoms with Crippen LogP contribution in [0.3, 0.4) is 0 Å². The number of aromatic nitrogens is 1. The number of halogens is 1. The van der Waals surface area contributed by atoms with Crippen LogP contribution in [0.5, 0.6) is 0 Å². The van der Waals surface area contributed by atoms with Crippen LogP contribution in [-0.4, -0.2) is 27.9 Å². The van der Waals surface area contributed by atoms with Gasteiger partial charge in [-0.05, 0) is 28.1 Å². The Bertz CT molecular complexity index is 331. The SMILES string of the molecule is NC(CSCc1ccc(Br)cn1)C(=O)O. The molecule has 6 heteroatoms. The maximum Gasteiger partial charge on any atom is 0.321 e. The van der Waals surface area contributed by atoms with Gasteiger partial charge in [0.2, 0.25) is 0 Å². The molecule has 0 radical (unpaired) electrons. The van der Waals surface area contributed by atoms with E-state index in [4.69, 9.17) is 10.8 Å². The van der Waals surface area contributed by atoms with E-state index in [9.17, 15) is 4.79 Å². The van der Waals surface area contributed by atoms with Crippen molar-refractivity contribution >= 4 is 33.7 Å². The topological polar surface area (TPSA) is 76.2 Å². The minimum absolute atomic E-state index is 0.396. The second-order valence-corrected chi connectivity index (χ2v) is 4.87. The van der Waals surface area contributed by atoms with Crippen LogP contribution < -0.4 is 5.73 Å². The number of rotatable bonds is 5. The Morgan fingerprint density at radius 3 is 2.93 bits per heavy atom. The van der Waals surface area contributed by atoms with Crippen molar-refractivity contribution in [3.05, 3.63) is 28.5 Å². The van der Waals surface area contributed by atoms with E-state index in [-0.39, 0.29) is 0 Å². The number of nitrogens with two attached hydrogens (primary N) is 1. The van der Waals surface area contributed by atoms with Crippen molar-refractivity contribution in [1.82, 2.24) is 4.98 Å². The molecule has 0 spiro atoms. The third kappa shape index (κ3) is 4.63. The highest BCUT2D eigenvalue weighted by Crippen LogP contribution is 2.13. The van der Waals surface area contributed by atoms with Crippen molar-refractivity contribution in [3.8, 4) is 0 Å². The molecule has 1 heterocycles. The Balaban J connectivity index is 2.32. The van der Waals surface area contributed by atoms with Crippen LogP contribution in [0.25, 0.3) is 0 Å². The first-order valence-corrected chi connectivity index (χ1v) is 6.21. The average Bonchev–Trinajstić information content (AvgIpc) is 2.20. The summed E-state index contributed by atoms with van der Waals surface area (Å²) in [6.45, 7) is 0. The molecular formula is C9H11BrN2O2S. The van der Waals surface area contributed by atoms with E-state index in [0.29, 0.717) is 11.5 Å². The van der Waals surface area contributed by atoms with Crippen molar-refractivity contribution in [2.75, 3.05) is 5.75 Å². The smallest absolute Gasteiger partial charge is 0.321 e. The fourth-order valence-electron chi connectivity index (χ4n) is 0.854. The highest BCUT2D eigenvalue weighted by Gasteiger charge is 2.10.